The molecule has 0 spiro atoms. The van der Waals surface area contributed by atoms with Crippen molar-refractivity contribution >= 4 is 18.2 Å². The minimum absolute atomic E-state index is 0.121. The highest BCUT2D eigenvalue weighted by Gasteiger charge is 2.31. The predicted molar refractivity (Wildman–Crippen MR) is 88.0 cm³/mol. The van der Waals surface area contributed by atoms with Gasteiger partial charge in [-0.1, -0.05) is 43.7 Å². The SMILES string of the molecule is CCCCOC(=O)N[C@H](C)C(=O)N1N=CCC1c1ccccc1. The molecule has 1 aromatic carbocycles. The third-order valence-corrected chi connectivity index (χ3v) is 3.68. The van der Waals surface area contributed by atoms with Crippen LogP contribution in [0.5, 0.6) is 0 Å². The highest BCUT2D eigenvalue weighted by Crippen LogP contribution is 2.28. The van der Waals surface area contributed by atoms with Gasteiger partial charge >= 0.3 is 6.09 Å². The minimum Gasteiger partial charge on any atom is -0.450 e. The van der Waals surface area contributed by atoms with E-state index in [9.17, 15) is 9.59 Å². The van der Waals surface area contributed by atoms with Crippen LogP contribution >= 0.6 is 0 Å². The zero-order valence-corrected chi connectivity index (χ0v) is 13.6. The Balaban J connectivity index is 1.93. The number of ether oxygens (including phenoxy) is 1. The second-order valence-corrected chi connectivity index (χ2v) is 5.50. The molecular weight excluding hydrogens is 294 g/mol. The molecule has 0 bridgehead atoms. The fraction of sp³-hybridized carbons (Fsp3) is 0.471. The number of hydrogen-bond donors (Lipinski definition) is 1. The van der Waals surface area contributed by atoms with Crippen molar-refractivity contribution in [2.45, 2.75) is 45.2 Å². The fourth-order valence-corrected chi connectivity index (χ4v) is 2.37. The molecule has 1 aliphatic heterocycles. The summed E-state index contributed by atoms with van der Waals surface area (Å²) in [6.07, 6.45) is 3.58. The van der Waals surface area contributed by atoms with E-state index < -0.39 is 12.1 Å². The predicted octanol–water partition coefficient (Wildman–Crippen LogP) is 2.86. The highest BCUT2D eigenvalue weighted by molar-refractivity contribution is 5.87. The summed E-state index contributed by atoms with van der Waals surface area (Å²) in [5.41, 5.74) is 1.02. The molecule has 1 aliphatic rings. The smallest absolute Gasteiger partial charge is 0.407 e. The van der Waals surface area contributed by atoms with Gasteiger partial charge in [0.05, 0.1) is 12.6 Å². The van der Waals surface area contributed by atoms with E-state index in [4.69, 9.17) is 4.74 Å². The number of unbranched alkanes of at least 4 members (excludes halogenated alkanes) is 1. The Morgan fingerprint density at radius 1 is 1.39 bits per heavy atom. The van der Waals surface area contributed by atoms with Gasteiger partial charge in [-0.3, -0.25) is 4.79 Å². The Kier molecular flexibility index (Phi) is 6.14. The van der Waals surface area contributed by atoms with Crippen LogP contribution < -0.4 is 5.32 Å². The van der Waals surface area contributed by atoms with E-state index in [0.717, 1.165) is 18.4 Å². The van der Waals surface area contributed by atoms with E-state index >= 15 is 0 Å². The van der Waals surface area contributed by atoms with Gasteiger partial charge in [0, 0.05) is 12.6 Å². The number of hydrogen-bond acceptors (Lipinski definition) is 4. The zero-order chi connectivity index (χ0) is 16.7. The third kappa shape index (κ3) is 4.55. The van der Waals surface area contributed by atoms with Gasteiger partial charge < -0.3 is 10.1 Å². The molecule has 2 rings (SSSR count). The number of nitrogens with one attached hydrogen (secondary N) is 1. The molecule has 0 saturated heterocycles. The third-order valence-electron chi connectivity index (χ3n) is 3.68. The van der Waals surface area contributed by atoms with Crippen molar-refractivity contribution in [2.75, 3.05) is 6.61 Å². The first kappa shape index (κ1) is 17.0. The molecule has 1 heterocycles. The van der Waals surface area contributed by atoms with Crippen LogP contribution in [-0.4, -0.2) is 35.9 Å². The van der Waals surface area contributed by atoms with Crippen molar-refractivity contribution in [1.82, 2.24) is 10.3 Å². The van der Waals surface area contributed by atoms with Crippen LogP contribution in [0.2, 0.25) is 0 Å². The molecule has 1 unspecified atom stereocenters. The molecule has 1 N–H and O–H groups in total. The van der Waals surface area contributed by atoms with Gasteiger partial charge in [0.2, 0.25) is 0 Å². The summed E-state index contributed by atoms with van der Waals surface area (Å²) in [6.45, 7) is 4.01. The van der Waals surface area contributed by atoms with Gasteiger partial charge in [-0.2, -0.15) is 5.10 Å². The van der Waals surface area contributed by atoms with E-state index in [0.29, 0.717) is 13.0 Å². The maximum atomic E-state index is 12.5. The topological polar surface area (TPSA) is 71.0 Å². The van der Waals surface area contributed by atoms with Crippen molar-refractivity contribution in [2.24, 2.45) is 5.10 Å². The summed E-state index contributed by atoms with van der Waals surface area (Å²) in [6, 6.07) is 8.93. The summed E-state index contributed by atoms with van der Waals surface area (Å²) in [5.74, 6) is -0.250. The fourth-order valence-electron chi connectivity index (χ4n) is 2.37. The summed E-state index contributed by atoms with van der Waals surface area (Å²) in [7, 11) is 0. The second kappa shape index (κ2) is 8.31. The van der Waals surface area contributed by atoms with E-state index in [-0.39, 0.29) is 11.9 Å². The van der Waals surface area contributed by atoms with E-state index in [1.807, 2.05) is 37.3 Å². The van der Waals surface area contributed by atoms with Gasteiger partial charge in [0.15, 0.2) is 0 Å². The molecule has 1 aromatic rings. The van der Waals surface area contributed by atoms with Crippen LogP contribution in [0.25, 0.3) is 0 Å². The lowest BCUT2D eigenvalue weighted by Crippen LogP contribution is -2.45. The summed E-state index contributed by atoms with van der Waals surface area (Å²) in [5, 5.41) is 8.16. The molecule has 0 aliphatic carbocycles. The lowest BCUT2D eigenvalue weighted by Gasteiger charge is -2.25. The second-order valence-electron chi connectivity index (χ2n) is 5.50. The largest absolute Gasteiger partial charge is 0.450 e. The quantitative estimate of drug-likeness (QED) is 0.820. The first-order valence-electron chi connectivity index (χ1n) is 7.97. The number of hydrazone groups is 1. The van der Waals surface area contributed by atoms with Crippen molar-refractivity contribution in [3.05, 3.63) is 35.9 Å². The van der Waals surface area contributed by atoms with Crippen molar-refractivity contribution in [3.8, 4) is 0 Å². The molecule has 23 heavy (non-hydrogen) atoms. The average molecular weight is 317 g/mol. The molecule has 2 amide bonds. The first-order valence-corrected chi connectivity index (χ1v) is 7.97. The number of alkyl carbamates (subject to hydrolysis) is 1. The lowest BCUT2D eigenvalue weighted by molar-refractivity contribution is -0.134. The highest BCUT2D eigenvalue weighted by atomic mass is 16.5. The average Bonchev–Trinajstić information content (AvgIpc) is 3.04. The van der Waals surface area contributed by atoms with Gasteiger partial charge in [-0.05, 0) is 18.9 Å². The zero-order valence-electron chi connectivity index (χ0n) is 13.6. The molecule has 6 nitrogen and oxygen atoms in total. The molecular formula is C17H23N3O3. The van der Waals surface area contributed by atoms with Gasteiger partial charge in [0.1, 0.15) is 6.04 Å². The monoisotopic (exact) mass is 317 g/mol. The number of amides is 2. The number of rotatable bonds is 6. The van der Waals surface area contributed by atoms with E-state index in [1.165, 1.54) is 5.01 Å². The van der Waals surface area contributed by atoms with Crippen molar-refractivity contribution in [3.63, 3.8) is 0 Å². The molecule has 6 heteroatoms. The number of benzene rings is 1. The molecule has 0 aromatic heterocycles. The van der Waals surface area contributed by atoms with Crippen LogP contribution in [0, 0.1) is 0 Å². The van der Waals surface area contributed by atoms with Crippen LogP contribution in [0.3, 0.4) is 0 Å². The number of nitrogens with zero attached hydrogens (tertiary/aromatic N) is 2. The molecule has 0 saturated carbocycles. The number of carbonyl (C=O) groups excluding carboxylic acids is 2. The van der Waals surface area contributed by atoms with Gasteiger partial charge in [-0.25, -0.2) is 9.80 Å². The molecule has 124 valence electrons. The van der Waals surface area contributed by atoms with Gasteiger partial charge in [0.25, 0.3) is 5.91 Å². The van der Waals surface area contributed by atoms with E-state index in [1.54, 1.807) is 13.1 Å². The maximum Gasteiger partial charge on any atom is 0.407 e. The summed E-state index contributed by atoms with van der Waals surface area (Å²) < 4.78 is 5.02. The van der Waals surface area contributed by atoms with Gasteiger partial charge in [-0.15, -0.1) is 0 Å². The summed E-state index contributed by atoms with van der Waals surface area (Å²) >= 11 is 0. The Morgan fingerprint density at radius 2 is 2.13 bits per heavy atom. The van der Waals surface area contributed by atoms with Crippen molar-refractivity contribution in [1.29, 1.82) is 0 Å². The van der Waals surface area contributed by atoms with Crippen LogP contribution in [0.15, 0.2) is 35.4 Å². The molecule has 0 fully saturated rings. The lowest BCUT2D eigenvalue weighted by atomic mass is 10.0. The minimum atomic E-state index is -0.689. The Bertz CT molecular complexity index is 559. The maximum absolute atomic E-state index is 12.5. The van der Waals surface area contributed by atoms with Crippen LogP contribution in [0.1, 0.15) is 44.7 Å². The van der Waals surface area contributed by atoms with Crippen LogP contribution in [0.4, 0.5) is 4.79 Å². The number of carbonyl (C=O) groups is 2. The molecule has 2 atom stereocenters. The summed E-state index contributed by atoms with van der Waals surface area (Å²) in [4.78, 5) is 24.2. The van der Waals surface area contributed by atoms with Crippen LogP contribution in [-0.2, 0) is 9.53 Å². The standard InChI is InChI=1S/C17H23N3O3/c1-3-4-12-23-17(22)19-13(2)16(21)20-15(10-11-18-20)14-8-6-5-7-9-14/h5-9,11,13,15H,3-4,10,12H2,1-2H3,(H,19,22)/t13-,15?/m1/s1. The first-order chi connectivity index (χ1) is 11.1. The Labute approximate surface area is 136 Å². The Hall–Kier alpha value is -2.37. The van der Waals surface area contributed by atoms with Crippen molar-refractivity contribution < 1.29 is 14.3 Å². The Morgan fingerprint density at radius 3 is 2.83 bits per heavy atom. The normalized spacial score (nSPS) is 17.8. The van der Waals surface area contributed by atoms with E-state index in [2.05, 4.69) is 10.4 Å². The molecule has 0 radical (unpaired) electrons.